The van der Waals surface area contributed by atoms with Crippen molar-refractivity contribution < 1.29 is 19.7 Å². The molecule has 2 aromatic carbocycles. The van der Waals surface area contributed by atoms with Gasteiger partial charge in [-0.1, -0.05) is 36.4 Å². The lowest BCUT2D eigenvalue weighted by Crippen LogP contribution is -2.12. The molecule has 0 saturated carbocycles. The van der Waals surface area contributed by atoms with E-state index in [0.29, 0.717) is 30.9 Å². The average Bonchev–Trinajstić information content (AvgIpc) is 2.58. The Balaban J connectivity index is 2.04. The number of rotatable bonds is 8. The van der Waals surface area contributed by atoms with Crippen molar-refractivity contribution in [2.24, 2.45) is 0 Å². The number of hydrogen-bond donors (Lipinski definition) is 2. The molecule has 0 bridgehead atoms. The highest BCUT2D eigenvalue weighted by molar-refractivity contribution is 5.43. The van der Waals surface area contributed by atoms with Crippen molar-refractivity contribution in [3.05, 3.63) is 59.7 Å². The Morgan fingerprint density at radius 3 is 2.45 bits per heavy atom. The van der Waals surface area contributed by atoms with Crippen molar-refractivity contribution in [2.75, 3.05) is 13.7 Å². The Morgan fingerprint density at radius 2 is 1.77 bits per heavy atom. The first-order valence-corrected chi connectivity index (χ1v) is 7.35. The number of ether oxygens (including phenoxy) is 2. The fourth-order valence-corrected chi connectivity index (χ4v) is 2.15. The van der Waals surface area contributed by atoms with E-state index in [1.165, 1.54) is 0 Å². The third-order valence-electron chi connectivity index (χ3n) is 3.44. The lowest BCUT2D eigenvalue weighted by Gasteiger charge is -2.13. The van der Waals surface area contributed by atoms with Crippen LogP contribution in [0.1, 0.15) is 17.5 Å². The number of aryl methyl sites for hydroxylation is 1. The van der Waals surface area contributed by atoms with Gasteiger partial charge in [0.15, 0.2) is 11.5 Å². The Kier molecular flexibility index (Phi) is 6.25. The van der Waals surface area contributed by atoms with Gasteiger partial charge in [0, 0.05) is 0 Å². The van der Waals surface area contributed by atoms with Gasteiger partial charge in [0.25, 0.3) is 0 Å². The van der Waals surface area contributed by atoms with E-state index in [1.807, 2.05) is 48.5 Å². The van der Waals surface area contributed by atoms with E-state index in [2.05, 4.69) is 0 Å². The first-order valence-electron chi connectivity index (χ1n) is 7.35. The van der Waals surface area contributed by atoms with Crippen LogP contribution in [0.3, 0.4) is 0 Å². The van der Waals surface area contributed by atoms with E-state index in [0.717, 1.165) is 11.1 Å². The molecule has 0 amide bonds. The van der Waals surface area contributed by atoms with Crippen LogP contribution in [-0.2, 0) is 13.0 Å². The zero-order chi connectivity index (χ0) is 15.8. The molecule has 4 nitrogen and oxygen atoms in total. The van der Waals surface area contributed by atoms with Crippen LogP contribution in [0.15, 0.2) is 48.5 Å². The third-order valence-corrected chi connectivity index (χ3v) is 3.44. The lowest BCUT2D eigenvalue weighted by molar-refractivity contribution is 0.0885. The van der Waals surface area contributed by atoms with Crippen LogP contribution >= 0.6 is 0 Å². The lowest BCUT2D eigenvalue weighted by atomic mass is 10.1. The smallest absolute Gasteiger partial charge is 0.161 e. The first kappa shape index (κ1) is 16.3. The Morgan fingerprint density at radius 1 is 1.00 bits per heavy atom. The van der Waals surface area contributed by atoms with E-state index in [4.69, 9.17) is 14.6 Å². The molecule has 118 valence electrons. The van der Waals surface area contributed by atoms with E-state index in [9.17, 15) is 5.11 Å². The molecule has 4 heteroatoms. The van der Waals surface area contributed by atoms with Gasteiger partial charge in [0.05, 0.1) is 19.8 Å². The third kappa shape index (κ3) is 4.76. The summed E-state index contributed by atoms with van der Waals surface area (Å²) in [7, 11) is 1.61. The maximum absolute atomic E-state index is 9.44. The minimum atomic E-state index is -0.684. The Hall–Kier alpha value is -2.04. The summed E-state index contributed by atoms with van der Waals surface area (Å²) >= 11 is 0. The van der Waals surface area contributed by atoms with Crippen LogP contribution in [0.2, 0.25) is 0 Å². The van der Waals surface area contributed by atoms with Crippen molar-refractivity contribution in [1.29, 1.82) is 0 Å². The largest absolute Gasteiger partial charge is 0.493 e. The van der Waals surface area contributed by atoms with Crippen molar-refractivity contribution in [2.45, 2.75) is 25.6 Å². The zero-order valence-electron chi connectivity index (χ0n) is 12.7. The molecule has 1 unspecified atom stereocenters. The van der Waals surface area contributed by atoms with Gasteiger partial charge in [-0.2, -0.15) is 0 Å². The Labute approximate surface area is 130 Å². The molecule has 0 aromatic heterocycles. The Bertz CT molecular complexity index is 569. The molecule has 2 N–H and O–H groups in total. The second-order valence-corrected chi connectivity index (χ2v) is 5.13. The molecule has 0 spiro atoms. The number of aliphatic hydroxyl groups excluding tert-OH is 2. The first-order chi connectivity index (χ1) is 10.7. The SMILES string of the molecule is COc1ccc(CCC(O)CO)cc1OCc1ccccc1. The van der Waals surface area contributed by atoms with Crippen LogP contribution in [0.25, 0.3) is 0 Å². The summed E-state index contributed by atoms with van der Waals surface area (Å²) in [5, 5.41) is 18.3. The highest BCUT2D eigenvalue weighted by Crippen LogP contribution is 2.29. The van der Waals surface area contributed by atoms with Crippen molar-refractivity contribution in [3.63, 3.8) is 0 Å². The molecular formula is C18H22O4. The van der Waals surface area contributed by atoms with Crippen molar-refractivity contribution in [1.82, 2.24) is 0 Å². The summed E-state index contributed by atoms with van der Waals surface area (Å²) in [6.45, 7) is 0.257. The number of methoxy groups -OCH3 is 1. The highest BCUT2D eigenvalue weighted by Gasteiger charge is 2.08. The summed E-state index contributed by atoms with van der Waals surface area (Å²) < 4.78 is 11.2. The second-order valence-electron chi connectivity index (χ2n) is 5.13. The fourth-order valence-electron chi connectivity index (χ4n) is 2.15. The normalized spacial score (nSPS) is 12.0. The number of aliphatic hydroxyl groups is 2. The van der Waals surface area contributed by atoms with Gasteiger partial charge < -0.3 is 19.7 Å². The van der Waals surface area contributed by atoms with Crippen LogP contribution in [0.5, 0.6) is 11.5 Å². The van der Waals surface area contributed by atoms with Gasteiger partial charge in [-0.15, -0.1) is 0 Å². The van der Waals surface area contributed by atoms with Gasteiger partial charge in [-0.25, -0.2) is 0 Å². The summed E-state index contributed by atoms with van der Waals surface area (Å²) in [5.74, 6) is 1.37. The van der Waals surface area contributed by atoms with Crippen LogP contribution in [-0.4, -0.2) is 30.0 Å². The maximum Gasteiger partial charge on any atom is 0.161 e. The molecule has 0 saturated heterocycles. The fraction of sp³-hybridized carbons (Fsp3) is 0.333. The summed E-state index contributed by atoms with van der Waals surface area (Å²) in [4.78, 5) is 0. The van der Waals surface area contributed by atoms with Gasteiger partial charge >= 0.3 is 0 Å². The summed E-state index contributed by atoms with van der Waals surface area (Å²) in [6.07, 6.45) is 0.504. The van der Waals surface area contributed by atoms with Gasteiger partial charge in [-0.05, 0) is 36.1 Å². The molecule has 2 aromatic rings. The van der Waals surface area contributed by atoms with Gasteiger partial charge in [0.1, 0.15) is 6.61 Å². The second kappa shape index (κ2) is 8.41. The maximum atomic E-state index is 9.44. The van der Waals surface area contributed by atoms with Crippen molar-refractivity contribution >= 4 is 0 Å². The zero-order valence-corrected chi connectivity index (χ0v) is 12.7. The highest BCUT2D eigenvalue weighted by atomic mass is 16.5. The molecule has 0 aliphatic rings. The quantitative estimate of drug-likeness (QED) is 0.787. The molecule has 0 aliphatic carbocycles. The number of hydrogen-bond acceptors (Lipinski definition) is 4. The van der Waals surface area contributed by atoms with E-state index in [-0.39, 0.29) is 6.61 Å². The molecular weight excluding hydrogens is 280 g/mol. The average molecular weight is 302 g/mol. The minimum absolute atomic E-state index is 0.215. The van der Waals surface area contributed by atoms with Gasteiger partial charge in [-0.3, -0.25) is 0 Å². The molecule has 22 heavy (non-hydrogen) atoms. The van der Waals surface area contributed by atoms with Gasteiger partial charge in [0.2, 0.25) is 0 Å². The monoisotopic (exact) mass is 302 g/mol. The molecule has 0 heterocycles. The number of benzene rings is 2. The van der Waals surface area contributed by atoms with Crippen LogP contribution in [0, 0.1) is 0 Å². The molecule has 1 atom stereocenters. The van der Waals surface area contributed by atoms with E-state index in [1.54, 1.807) is 7.11 Å². The summed E-state index contributed by atoms with van der Waals surface area (Å²) in [6, 6.07) is 15.7. The predicted molar refractivity (Wildman–Crippen MR) is 85.2 cm³/mol. The van der Waals surface area contributed by atoms with E-state index < -0.39 is 6.10 Å². The summed E-state index contributed by atoms with van der Waals surface area (Å²) in [5.41, 5.74) is 2.13. The van der Waals surface area contributed by atoms with Crippen LogP contribution in [0.4, 0.5) is 0 Å². The molecule has 0 radical (unpaired) electrons. The standard InChI is InChI=1S/C18H22O4/c1-21-17-10-8-14(7-9-16(20)12-19)11-18(17)22-13-15-5-3-2-4-6-15/h2-6,8,10-11,16,19-20H,7,9,12-13H2,1H3. The predicted octanol–water partition coefficient (Wildman–Crippen LogP) is 2.56. The molecule has 0 aliphatic heterocycles. The van der Waals surface area contributed by atoms with Crippen molar-refractivity contribution in [3.8, 4) is 11.5 Å². The molecule has 2 rings (SSSR count). The van der Waals surface area contributed by atoms with E-state index >= 15 is 0 Å². The molecule has 0 fully saturated rings. The minimum Gasteiger partial charge on any atom is -0.493 e. The van der Waals surface area contributed by atoms with Crippen LogP contribution < -0.4 is 9.47 Å². The topological polar surface area (TPSA) is 58.9 Å².